The first-order valence-corrected chi connectivity index (χ1v) is 8.39. The summed E-state index contributed by atoms with van der Waals surface area (Å²) in [5.41, 5.74) is 0.395. The van der Waals surface area contributed by atoms with E-state index < -0.39 is 5.97 Å². The van der Waals surface area contributed by atoms with Crippen LogP contribution >= 0.6 is 0 Å². The van der Waals surface area contributed by atoms with Crippen LogP contribution in [0.5, 0.6) is 11.5 Å². The van der Waals surface area contributed by atoms with Gasteiger partial charge in [0.15, 0.2) is 0 Å². The summed E-state index contributed by atoms with van der Waals surface area (Å²) < 4.78 is 17.3. The first-order chi connectivity index (χ1) is 11.3. The molecule has 0 saturated carbocycles. The van der Waals surface area contributed by atoms with Gasteiger partial charge in [-0.15, -0.1) is 0 Å². The Morgan fingerprint density at radius 1 is 0.833 bits per heavy atom. The maximum absolute atomic E-state index is 12.6. The average Bonchev–Trinajstić information content (AvgIpc) is 2.47. The van der Waals surface area contributed by atoms with Gasteiger partial charge in [0.05, 0.1) is 18.3 Å². The number of carbonyl (C=O) groups excluding carboxylic acids is 1. The first-order valence-electron chi connectivity index (χ1n) is 8.39. The number of rotatable bonds is 6. The fourth-order valence-corrected chi connectivity index (χ4v) is 2.46. The molecule has 130 valence electrons. The Kier molecular flexibility index (Phi) is 5.71. The van der Waals surface area contributed by atoms with Crippen molar-refractivity contribution in [3.05, 3.63) is 35.9 Å². The molecule has 2 aromatic carbocycles. The second-order valence-electron chi connectivity index (χ2n) is 6.58. The molecule has 0 saturated heterocycles. The van der Waals surface area contributed by atoms with Crippen LogP contribution < -0.4 is 9.47 Å². The van der Waals surface area contributed by atoms with Gasteiger partial charge in [-0.2, -0.15) is 0 Å². The summed E-state index contributed by atoms with van der Waals surface area (Å²) in [5, 5.41) is 1.77. The molecular weight excluding hydrogens is 304 g/mol. The third kappa shape index (κ3) is 4.19. The van der Waals surface area contributed by atoms with Crippen molar-refractivity contribution >= 4 is 16.7 Å². The van der Waals surface area contributed by atoms with E-state index in [2.05, 4.69) is 0 Å². The van der Waals surface area contributed by atoms with Gasteiger partial charge in [0.2, 0.25) is 0 Å². The van der Waals surface area contributed by atoms with E-state index >= 15 is 0 Å². The van der Waals surface area contributed by atoms with E-state index in [-0.39, 0.29) is 18.3 Å². The zero-order valence-corrected chi connectivity index (χ0v) is 15.3. The van der Waals surface area contributed by atoms with Crippen LogP contribution in [0.1, 0.15) is 51.9 Å². The van der Waals surface area contributed by atoms with Crippen LogP contribution in [0, 0.1) is 0 Å². The summed E-state index contributed by atoms with van der Waals surface area (Å²) >= 11 is 0. The van der Waals surface area contributed by atoms with Gasteiger partial charge in [-0.05, 0) is 47.6 Å². The van der Waals surface area contributed by atoms with Crippen molar-refractivity contribution in [3.8, 4) is 11.5 Å². The van der Waals surface area contributed by atoms with Gasteiger partial charge in [0.25, 0.3) is 0 Å². The standard InChI is InChI=1S/C20H26O4/c1-12(2)22-18-11-17(20(21)24-14(5)6)19(23-13(3)4)16-10-8-7-9-15(16)18/h7-14H,1-6H3. The fraction of sp³-hybridized carbons (Fsp3) is 0.450. The molecule has 0 bridgehead atoms. The highest BCUT2D eigenvalue weighted by Crippen LogP contribution is 2.38. The van der Waals surface area contributed by atoms with Gasteiger partial charge in [0, 0.05) is 10.8 Å². The third-order valence-electron chi connectivity index (χ3n) is 3.24. The van der Waals surface area contributed by atoms with Gasteiger partial charge in [0.1, 0.15) is 17.1 Å². The zero-order valence-electron chi connectivity index (χ0n) is 15.3. The molecule has 2 rings (SSSR count). The fourth-order valence-electron chi connectivity index (χ4n) is 2.46. The monoisotopic (exact) mass is 330 g/mol. The summed E-state index contributed by atoms with van der Waals surface area (Å²) in [6, 6.07) is 9.50. The maximum atomic E-state index is 12.6. The van der Waals surface area contributed by atoms with Crippen LogP contribution in [0.15, 0.2) is 30.3 Å². The molecule has 0 aromatic heterocycles. The predicted octanol–water partition coefficient (Wildman–Crippen LogP) is 4.98. The lowest BCUT2D eigenvalue weighted by Crippen LogP contribution is -2.16. The Bertz CT molecular complexity index is 717. The molecule has 0 amide bonds. The van der Waals surface area contributed by atoms with Crippen molar-refractivity contribution in [2.24, 2.45) is 0 Å². The topological polar surface area (TPSA) is 44.8 Å². The molecule has 0 unspecified atom stereocenters. The van der Waals surface area contributed by atoms with Crippen molar-refractivity contribution in [2.75, 3.05) is 0 Å². The minimum Gasteiger partial charge on any atom is -0.490 e. The van der Waals surface area contributed by atoms with Crippen LogP contribution in [0.4, 0.5) is 0 Å². The van der Waals surface area contributed by atoms with Crippen molar-refractivity contribution in [3.63, 3.8) is 0 Å². The van der Waals surface area contributed by atoms with E-state index in [1.807, 2.05) is 65.8 Å². The van der Waals surface area contributed by atoms with Gasteiger partial charge in [-0.25, -0.2) is 4.79 Å². The predicted molar refractivity (Wildman–Crippen MR) is 96.0 cm³/mol. The van der Waals surface area contributed by atoms with E-state index in [1.54, 1.807) is 6.07 Å². The quantitative estimate of drug-likeness (QED) is 0.701. The molecule has 0 aliphatic carbocycles. The summed E-state index contributed by atoms with van der Waals surface area (Å²) in [6.07, 6.45) is -0.263. The minimum absolute atomic E-state index is 0.000701. The number of carbonyl (C=O) groups is 1. The van der Waals surface area contributed by atoms with Crippen LogP contribution in [0.3, 0.4) is 0 Å². The molecule has 24 heavy (non-hydrogen) atoms. The second-order valence-corrected chi connectivity index (χ2v) is 6.58. The van der Waals surface area contributed by atoms with E-state index in [4.69, 9.17) is 14.2 Å². The highest BCUT2D eigenvalue weighted by Gasteiger charge is 2.22. The molecular formula is C20H26O4. The molecule has 0 heterocycles. The van der Waals surface area contributed by atoms with E-state index in [9.17, 15) is 4.79 Å². The largest absolute Gasteiger partial charge is 0.490 e. The van der Waals surface area contributed by atoms with Crippen molar-refractivity contribution in [1.82, 2.24) is 0 Å². The van der Waals surface area contributed by atoms with Gasteiger partial charge in [-0.1, -0.05) is 24.3 Å². The number of ether oxygens (including phenoxy) is 3. The van der Waals surface area contributed by atoms with E-state index in [1.165, 1.54) is 0 Å². The van der Waals surface area contributed by atoms with Crippen LogP contribution in [0.25, 0.3) is 10.8 Å². The second kappa shape index (κ2) is 7.56. The Labute approximate surface area is 143 Å². The van der Waals surface area contributed by atoms with E-state index in [0.29, 0.717) is 17.1 Å². The molecule has 0 spiro atoms. The molecule has 0 radical (unpaired) electrons. The highest BCUT2D eigenvalue weighted by atomic mass is 16.5. The first kappa shape index (κ1) is 18.1. The van der Waals surface area contributed by atoms with Crippen molar-refractivity contribution < 1.29 is 19.0 Å². The molecule has 0 N–H and O–H groups in total. The number of hydrogen-bond donors (Lipinski definition) is 0. The summed E-state index contributed by atoms with van der Waals surface area (Å²) in [5.74, 6) is 0.801. The Morgan fingerprint density at radius 3 is 1.96 bits per heavy atom. The van der Waals surface area contributed by atoms with Crippen molar-refractivity contribution in [2.45, 2.75) is 59.9 Å². The Hall–Kier alpha value is -2.23. The lowest BCUT2D eigenvalue weighted by Gasteiger charge is -2.20. The highest BCUT2D eigenvalue weighted by molar-refractivity contribution is 6.04. The Morgan fingerprint density at radius 2 is 1.42 bits per heavy atom. The molecule has 2 aromatic rings. The lowest BCUT2D eigenvalue weighted by molar-refractivity contribution is 0.0371. The van der Waals surface area contributed by atoms with Crippen molar-refractivity contribution in [1.29, 1.82) is 0 Å². The van der Waals surface area contributed by atoms with Gasteiger partial charge in [-0.3, -0.25) is 0 Å². The number of esters is 1. The lowest BCUT2D eigenvalue weighted by atomic mass is 10.0. The number of fused-ring (bicyclic) bond motifs is 1. The summed E-state index contributed by atoms with van der Waals surface area (Å²) in [4.78, 5) is 12.6. The average molecular weight is 330 g/mol. The smallest absolute Gasteiger partial charge is 0.342 e. The summed E-state index contributed by atoms with van der Waals surface area (Å²) in [7, 11) is 0. The molecule has 0 atom stereocenters. The molecule has 0 aliphatic heterocycles. The van der Waals surface area contributed by atoms with Gasteiger partial charge >= 0.3 is 5.97 Å². The SMILES string of the molecule is CC(C)OC(=O)c1cc(OC(C)C)c2ccccc2c1OC(C)C. The minimum atomic E-state index is -0.403. The molecule has 4 nitrogen and oxygen atoms in total. The number of benzene rings is 2. The third-order valence-corrected chi connectivity index (χ3v) is 3.24. The van der Waals surface area contributed by atoms with Gasteiger partial charge < -0.3 is 14.2 Å². The summed E-state index contributed by atoms with van der Waals surface area (Å²) in [6.45, 7) is 11.4. The normalized spacial score (nSPS) is 11.4. The van der Waals surface area contributed by atoms with E-state index in [0.717, 1.165) is 10.8 Å². The molecule has 4 heteroatoms. The van der Waals surface area contributed by atoms with Crippen LogP contribution in [-0.2, 0) is 4.74 Å². The number of hydrogen-bond acceptors (Lipinski definition) is 4. The van der Waals surface area contributed by atoms with Crippen LogP contribution in [-0.4, -0.2) is 24.3 Å². The Balaban J connectivity index is 2.69. The maximum Gasteiger partial charge on any atom is 0.342 e. The molecule has 0 fully saturated rings. The van der Waals surface area contributed by atoms with Crippen LogP contribution in [0.2, 0.25) is 0 Å². The zero-order chi connectivity index (χ0) is 17.9. The molecule has 0 aliphatic rings.